The Hall–Kier alpha value is -1.57. The smallest absolute Gasteiger partial charge is 0.170 e. The zero-order valence-electron chi connectivity index (χ0n) is 7.68. The first kappa shape index (κ1) is 10.5. The van der Waals surface area contributed by atoms with Crippen LogP contribution in [0, 0.1) is 18.3 Å². The van der Waals surface area contributed by atoms with Crippen molar-refractivity contribution in [1.29, 1.82) is 5.26 Å². The second-order valence-corrected chi connectivity index (χ2v) is 3.03. The fourth-order valence-corrected chi connectivity index (χ4v) is 1.28. The summed E-state index contributed by atoms with van der Waals surface area (Å²) < 4.78 is 0. The summed E-state index contributed by atoms with van der Waals surface area (Å²) in [5, 5.41) is 36.5. The molecular weight excluding hydrogens is 182 g/mol. The first-order valence-electron chi connectivity index (χ1n) is 4.12. The van der Waals surface area contributed by atoms with Gasteiger partial charge in [-0.1, -0.05) is 12.1 Å². The van der Waals surface area contributed by atoms with E-state index >= 15 is 0 Å². The number of rotatable bonds is 2. The Balaban J connectivity index is 3.13. The molecule has 0 saturated carbocycles. The summed E-state index contributed by atoms with van der Waals surface area (Å²) in [6.45, 7) is 1.68. The van der Waals surface area contributed by atoms with Gasteiger partial charge < -0.3 is 15.3 Å². The van der Waals surface area contributed by atoms with Crippen molar-refractivity contribution in [3.05, 3.63) is 29.3 Å². The highest BCUT2D eigenvalue weighted by atomic mass is 16.3. The number of aromatic hydroxyl groups is 1. The predicted octanol–water partition coefficient (Wildman–Crippen LogP) is 0.618. The molecule has 1 aromatic rings. The summed E-state index contributed by atoms with van der Waals surface area (Å²) in [4.78, 5) is 0. The molecule has 0 aromatic heterocycles. The van der Waals surface area contributed by atoms with Crippen LogP contribution in [0.15, 0.2) is 18.2 Å². The minimum Gasteiger partial charge on any atom is -0.508 e. The van der Waals surface area contributed by atoms with Crippen LogP contribution in [0.5, 0.6) is 5.75 Å². The van der Waals surface area contributed by atoms with Crippen molar-refractivity contribution >= 4 is 0 Å². The van der Waals surface area contributed by atoms with Gasteiger partial charge in [0.05, 0.1) is 6.07 Å². The second-order valence-electron chi connectivity index (χ2n) is 3.03. The standard InChI is InChI=1S/C10H11NO3/c1-6-3-2-4-7(12)9(6)10(14)8(13)5-11/h2-4,8,10,12-14H,1H3. The summed E-state index contributed by atoms with van der Waals surface area (Å²) in [6.07, 6.45) is -2.90. The van der Waals surface area contributed by atoms with Gasteiger partial charge in [-0.05, 0) is 18.6 Å². The SMILES string of the molecule is Cc1cccc(O)c1C(O)C(O)C#N. The molecule has 14 heavy (non-hydrogen) atoms. The quantitative estimate of drug-likeness (QED) is 0.601. The molecule has 2 unspecified atom stereocenters. The van der Waals surface area contributed by atoms with Gasteiger partial charge >= 0.3 is 0 Å². The minimum atomic E-state index is -1.53. The van der Waals surface area contributed by atoms with Gasteiger partial charge in [-0.2, -0.15) is 5.26 Å². The van der Waals surface area contributed by atoms with E-state index in [1.807, 2.05) is 0 Å². The molecule has 0 bridgehead atoms. The summed E-state index contributed by atoms with van der Waals surface area (Å²) in [7, 11) is 0. The zero-order chi connectivity index (χ0) is 10.7. The highest BCUT2D eigenvalue weighted by Gasteiger charge is 2.22. The molecule has 0 amide bonds. The van der Waals surface area contributed by atoms with Crippen LogP contribution in [-0.4, -0.2) is 21.4 Å². The number of hydrogen-bond donors (Lipinski definition) is 3. The molecule has 1 rings (SSSR count). The lowest BCUT2D eigenvalue weighted by atomic mass is 9.99. The zero-order valence-corrected chi connectivity index (χ0v) is 7.68. The Morgan fingerprint density at radius 2 is 2.00 bits per heavy atom. The normalized spacial score (nSPS) is 14.4. The van der Waals surface area contributed by atoms with Gasteiger partial charge in [0.15, 0.2) is 6.10 Å². The van der Waals surface area contributed by atoms with Crippen LogP contribution in [0.25, 0.3) is 0 Å². The van der Waals surface area contributed by atoms with Gasteiger partial charge in [0.2, 0.25) is 0 Å². The van der Waals surface area contributed by atoms with Crippen LogP contribution in [0.3, 0.4) is 0 Å². The number of phenols is 1. The first-order valence-corrected chi connectivity index (χ1v) is 4.12. The fourth-order valence-electron chi connectivity index (χ4n) is 1.28. The summed E-state index contributed by atoms with van der Waals surface area (Å²) in [5.74, 6) is -0.119. The van der Waals surface area contributed by atoms with Crippen LogP contribution in [-0.2, 0) is 0 Å². The number of hydrogen-bond acceptors (Lipinski definition) is 4. The lowest BCUT2D eigenvalue weighted by Crippen LogP contribution is -2.16. The molecule has 0 saturated heterocycles. The number of aryl methyl sites for hydroxylation is 1. The predicted molar refractivity (Wildman–Crippen MR) is 49.4 cm³/mol. The Kier molecular flexibility index (Phi) is 3.07. The van der Waals surface area contributed by atoms with E-state index in [1.54, 1.807) is 19.1 Å². The van der Waals surface area contributed by atoms with Crippen molar-refractivity contribution in [2.75, 3.05) is 0 Å². The number of aliphatic hydroxyl groups excluding tert-OH is 2. The average Bonchev–Trinajstić information content (AvgIpc) is 2.16. The van der Waals surface area contributed by atoms with Crippen molar-refractivity contribution in [3.63, 3.8) is 0 Å². The van der Waals surface area contributed by atoms with Gasteiger partial charge in [-0.3, -0.25) is 0 Å². The molecule has 0 heterocycles. The molecular formula is C10H11NO3. The molecule has 3 N–H and O–H groups in total. The highest BCUT2D eigenvalue weighted by Crippen LogP contribution is 2.29. The van der Waals surface area contributed by atoms with E-state index in [0.29, 0.717) is 5.56 Å². The maximum atomic E-state index is 9.52. The van der Waals surface area contributed by atoms with Gasteiger partial charge in [0.25, 0.3) is 0 Å². The van der Waals surface area contributed by atoms with E-state index in [1.165, 1.54) is 12.1 Å². The Labute approximate surface area is 81.7 Å². The largest absolute Gasteiger partial charge is 0.508 e. The van der Waals surface area contributed by atoms with Crippen LogP contribution in [0.4, 0.5) is 0 Å². The van der Waals surface area contributed by atoms with Crippen LogP contribution < -0.4 is 0 Å². The van der Waals surface area contributed by atoms with Crippen LogP contribution >= 0.6 is 0 Å². The molecule has 0 spiro atoms. The number of nitriles is 1. The van der Waals surface area contributed by atoms with Gasteiger partial charge in [-0.25, -0.2) is 0 Å². The highest BCUT2D eigenvalue weighted by molar-refractivity contribution is 5.41. The monoisotopic (exact) mass is 193 g/mol. The molecule has 0 aliphatic rings. The number of phenolic OH excluding ortho intramolecular Hbond substituents is 1. The molecule has 74 valence electrons. The van der Waals surface area contributed by atoms with E-state index in [4.69, 9.17) is 10.4 Å². The van der Waals surface area contributed by atoms with Crippen molar-refractivity contribution < 1.29 is 15.3 Å². The van der Waals surface area contributed by atoms with Crippen molar-refractivity contribution in [2.24, 2.45) is 0 Å². The average molecular weight is 193 g/mol. The molecule has 0 aliphatic heterocycles. The van der Waals surface area contributed by atoms with E-state index in [-0.39, 0.29) is 11.3 Å². The molecule has 0 aliphatic carbocycles. The summed E-state index contributed by atoms with van der Waals surface area (Å²) in [6, 6.07) is 6.22. The van der Waals surface area contributed by atoms with Gasteiger partial charge in [0, 0.05) is 5.56 Å². The van der Waals surface area contributed by atoms with E-state index < -0.39 is 12.2 Å². The Bertz CT molecular complexity index is 350. The number of aliphatic hydroxyl groups is 2. The number of nitrogens with zero attached hydrogens (tertiary/aromatic N) is 1. The second kappa shape index (κ2) is 4.09. The minimum absolute atomic E-state index is 0.119. The van der Waals surface area contributed by atoms with Gasteiger partial charge in [-0.15, -0.1) is 0 Å². The van der Waals surface area contributed by atoms with Crippen LogP contribution in [0.2, 0.25) is 0 Å². The molecule has 4 nitrogen and oxygen atoms in total. The van der Waals surface area contributed by atoms with E-state index in [0.717, 1.165) is 0 Å². The third-order valence-electron chi connectivity index (χ3n) is 2.03. The van der Waals surface area contributed by atoms with Crippen molar-refractivity contribution in [1.82, 2.24) is 0 Å². The number of benzene rings is 1. The molecule has 4 heteroatoms. The summed E-state index contributed by atoms with van der Waals surface area (Å²) in [5.41, 5.74) is 0.827. The molecule has 0 radical (unpaired) electrons. The lowest BCUT2D eigenvalue weighted by Gasteiger charge is -2.15. The maximum Gasteiger partial charge on any atom is 0.170 e. The van der Waals surface area contributed by atoms with Crippen molar-refractivity contribution in [2.45, 2.75) is 19.1 Å². The Morgan fingerprint density at radius 1 is 1.36 bits per heavy atom. The fraction of sp³-hybridized carbons (Fsp3) is 0.300. The van der Waals surface area contributed by atoms with Gasteiger partial charge in [0.1, 0.15) is 11.9 Å². The first-order chi connectivity index (χ1) is 6.57. The Morgan fingerprint density at radius 3 is 2.50 bits per heavy atom. The third-order valence-corrected chi connectivity index (χ3v) is 2.03. The third kappa shape index (κ3) is 1.84. The molecule has 2 atom stereocenters. The van der Waals surface area contributed by atoms with E-state index in [2.05, 4.69) is 0 Å². The molecule has 0 fully saturated rings. The summed E-state index contributed by atoms with van der Waals surface area (Å²) >= 11 is 0. The van der Waals surface area contributed by atoms with Crippen LogP contribution in [0.1, 0.15) is 17.2 Å². The molecule has 1 aromatic carbocycles. The van der Waals surface area contributed by atoms with E-state index in [9.17, 15) is 10.2 Å². The maximum absolute atomic E-state index is 9.52. The topological polar surface area (TPSA) is 84.5 Å². The van der Waals surface area contributed by atoms with Crippen molar-refractivity contribution in [3.8, 4) is 11.8 Å². The lowest BCUT2D eigenvalue weighted by molar-refractivity contribution is 0.0507.